The largest absolute Gasteiger partial charge is 0.439 e. The van der Waals surface area contributed by atoms with E-state index in [9.17, 15) is 8.42 Å². The van der Waals surface area contributed by atoms with Gasteiger partial charge in [0, 0.05) is 34.5 Å². The molecule has 3 aromatic rings. The summed E-state index contributed by atoms with van der Waals surface area (Å²) in [5.41, 5.74) is 5.32. The smallest absolute Gasteiger partial charge is 0.222 e. The summed E-state index contributed by atoms with van der Waals surface area (Å²) in [6.07, 6.45) is 13.8. The van der Waals surface area contributed by atoms with Crippen LogP contribution in [0.2, 0.25) is 5.02 Å². The number of aryl methyl sites for hydroxylation is 1. The molecule has 1 aliphatic heterocycles. The Hall–Kier alpha value is -3.19. The number of ether oxygens (including phenoxy) is 1. The quantitative estimate of drug-likeness (QED) is 0.290. The molecule has 2 aliphatic rings. The Balaban J connectivity index is 0.000000288. The highest BCUT2D eigenvalue weighted by Crippen LogP contribution is 2.53. The third-order valence-corrected chi connectivity index (χ3v) is 9.15. The van der Waals surface area contributed by atoms with Gasteiger partial charge < -0.3 is 10.1 Å². The first-order valence-electron chi connectivity index (χ1n) is 13.5. The van der Waals surface area contributed by atoms with E-state index in [1.165, 1.54) is 54.4 Å². The first kappa shape index (κ1) is 29.8. The summed E-state index contributed by atoms with van der Waals surface area (Å²) in [5, 5.41) is 4.62. The molecule has 0 bridgehead atoms. The summed E-state index contributed by atoms with van der Waals surface area (Å²) in [7, 11) is -3.06. The molecule has 1 aliphatic carbocycles. The minimum Gasteiger partial charge on any atom is -0.439 e. The predicted octanol–water partition coefficient (Wildman–Crippen LogP) is 7.82. The van der Waals surface area contributed by atoms with Gasteiger partial charge in [-0.3, -0.25) is 0 Å². The summed E-state index contributed by atoms with van der Waals surface area (Å²) in [6, 6.07) is 19.2. The second-order valence-electron chi connectivity index (χ2n) is 10.3. The second-order valence-corrected chi connectivity index (χ2v) is 12.8. The van der Waals surface area contributed by atoms with Gasteiger partial charge in [0.15, 0.2) is 9.84 Å². The summed E-state index contributed by atoms with van der Waals surface area (Å²) in [4.78, 5) is 4.70. The Kier molecular flexibility index (Phi) is 9.67. The van der Waals surface area contributed by atoms with Crippen molar-refractivity contribution in [3.63, 3.8) is 0 Å². The Labute approximate surface area is 243 Å². The fourth-order valence-corrected chi connectivity index (χ4v) is 6.34. The van der Waals surface area contributed by atoms with Crippen molar-refractivity contribution >= 4 is 21.4 Å². The minimum atomic E-state index is -3.06. The number of rotatable bonds is 7. The van der Waals surface area contributed by atoms with Gasteiger partial charge in [-0.2, -0.15) is 0 Å². The van der Waals surface area contributed by atoms with Crippen LogP contribution in [0.15, 0.2) is 96.6 Å². The highest BCUT2D eigenvalue weighted by Gasteiger charge is 2.47. The van der Waals surface area contributed by atoms with Crippen molar-refractivity contribution in [1.82, 2.24) is 10.3 Å². The van der Waals surface area contributed by atoms with E-state index >= 15 is 0 Å². The third-order valence-electron chi connectivity index (χ3n) is 7.67. The number of benzene rings is 2. The van der Waals surface area contributed by atoms with Crippen molar-refractivity contribution in [1.29, 1.82) is 0 Å². The van der Waals surface area contributed by atoms with Gasteiger partial charge in [-0.05, 0) is 92.8 Å². The Morgan fingerprint density at radius 1 is 1.18 bits per heavy atom. The van der Waals surface area contributed by atoms with Crippen molar-refractivity contribution in [2.24, 2.45) is 0 Å². The molecule has 210 valence electrons. The number of aromatic nitrogens is 1. The maximum atomic E-state index is 10.9. The van der Waals surface area contributed by atoms with Crippen molar-refractivity contribution in [3.8, 4) is 11.6 Å². The van der Waals surface area contributed by atoms with Gasteiger partial charge in [-0.15, -0.1) is 0 Å². The zero-order valence-corrected chi connectivity index (χ0v) is 24.9. The van der Waals surface area contributed by atoms with Crippen LogP contribution in [0.25, 0.3) is 0 Å². The number of fused-ring (bicyclic) bond motifs is 1. The molecule has 0 radical (unpaired) electrons. The molecular weight excluding hydrogens is 540 g/mol. The number of pyridine rings is 1. The van der Waals surface area contributed by atoms with Gasteiger partial charge in [0.05, 0.1) is 4.91 Å². The molecule has 5 rings (SSSR count). The highest BCUT2D eigenvalue weighted by atomic mass is 35.5. The molecule has 1 atom stereocenters. The first-order chi connectivity index (χ1) is 19.2. The number of sulfone groups is 1. The lowest BCUT2D eigenvalue weighted by molar-refractivity contribution is 0.164. The van der Waals surface area contributed by atoms with E-state index < -0.39 is 9.84 Å². The third kappa shape index (κ3) is 6.74. The van der Waals surface area contributed by atoms with Crippen LogP contribution < -0.4 is 10.1 Å². The number of hydrogen-bond acceptors (Lipinski definition) is 5. The summed E-state index contributed by atoms with van der Waals surface area (Å²) in [6.45, 7) is 8.15. The van der Waals surface area contributed by atoms with Crippen molar-refractivity contribution in [3.05, 3.63) is 124 Å². The van der Waals surface area contributed by atoms with E-state index in [0.717, 1.165) is 29.3 Å². The summed E-state index contributed by atoms with van der Waals surface area (Å²) in [5.74, 6) is 1.52. The van der Waals surface area contributed by atoms with Gasteiger partial charge in [0.1, 0.15) is 5.75 Å². The highest BCUT2D eigenvalue weighted by molar-refractivity contribution is 7.94. The maximum absolute atomic E-state index is 10.9. The monoisotopic (exact) mass is 576 g/mol. The summed E-state index contributed by atoms with van der Waals surface area (Å²) < 4.78 is 28.0. The van der Waals surface area contributed by atoms with E-state index in [-0.39, 0.29) is 11.5 Å². The van der Waals surface area contributed by atoms with Gasteiger partial charge in [-0.25, -0.2) is 13.4 Å². The van der Waals surface area contributed by atoms with Gasteiger partial charge >= 0.3 is 0 Å². The molecule has 1 aromatic heterocycles. The van der Waals surface area contributed by atoms with Gasteiger partial charge in [-0.1, -0.05) is 67.1 Å². The molecule has 2 heterocycles. The van der Waals surface area contributed by atoms with E-state index in [0.29, 0.717) is 10.8 Å². The lowest BCUT2D eigenvalue weighted by Gasteiger charge is -2.50. The normalized spacial score (nSPS) is 18.2. The van der Waals surface area contributed by atoms with Crippen LogP contribution in [0.4, 0.5) is 0 Å². The molecule has 0 spiro atoms. The second kappa shape index (κ2) is 13.0. The number of allylic oxidation sites excluding steroid dienone is 4. The fourth-order valence-electron chi connectivity index (χ4n) is 5.46. The van der Waals surface area contributed by atoms with Crippen LogP contribution in [0.3, 0.4) is 0 Å². The lowest BCUT2D eigenvalue weighted by Crippen LogP contribution is -2.49. The molecule has 5 nitrogen and oxygen atoms in total. The molecular formula is C33H37ClN2O3S. The lowest BCUT2D eigenvalue weighted by atomic mass is 9.58. The minimum absolute atomic E-state index is 0.124. The van der Waals surface area contributed by atoms with Crippen LogP contribution in [0, 0.1) is 6.92 Å². The summed E-state index contributed by atoms with van der Waals surface area (Å²) >= 11 is 6.16. The molecule has 1 saturated carbocycles. The molecule has 7 heteroatoms. The molecule has 40 heavy (non-hydrogen) atoms. The number of nitrogens with one attached hydrogen (secondary N) is 1. The van der Waals surface area contributed by atoms with Gasteiger partial charge in [0.2, 0.25) is 5.88 Å². The fraction of sp³-hybridized carbons (Fsp3) is 0.303. The van der Waals surface area contributed by atoms with Crippen LogP contribution in [-0.2, 0) is 21.7 Å². The standard InChI is InChI=1S/C25H25ClN2O.C8H12O2S/c1-17-4-2-14-28-24(17)29-21-10-5-18-11-15-27-23(22(18)16-21)25(12-3-13-25)19-6-8-20(26)9-7-19;1-4-6-7-8(5-2)11(3,9)10/h2,4-10,14,16,23,27H,3,11-13,15H2,1H3;4-7H,1H2,2-3H3/b;7-6-,8-5+. The number of halogens is 1. The van der Waals surface area contributed by atoms with Crippen LogP contribution >= 0.6 is 11.6 Å². The Morgan fingerprint density at radius 2 is 1.93 bits per heavy atom. The molecule has 2 aromatic carbocycles. The van der Waals surface area contributed by atoms with Crippen LogP contribution in [0.5, 0.6) is 11.6 Å². The zero-order chi connectivity index (χ0) is 28.8. The SMILES string of the molecule is C=C/C=C\C(=C/C)S(C)(=O)=O.Cc1cccnc1Oc1ccc2c(c1)C(C1(c3ccc(Cl)cc3)CCC1)NCC2. The molecule has 0 amide bonds. The van der Waals surface area contributed by atoms with Crippen molar-refractivity contribution in [2.45, 2.75) is 51.0 Å². The average molecular weight is 577 g/mol. The maximum Gasteiger partial charge on any atom is 0.222 e. The Morgan fingerprint density at radius 3 is 2.52 bits per heavy atom. The molecule has 0 saturated heterocycles. The van der Waals surface area contributed by atoms with Crippen LogP contribution in [-0.4, -0.2) is 26.2 Å². The van der Waals surface area contributed by atoms with E-state index in [4.69, 9.17) is 16.3 Å². The van der Waals surface area contributed by atoms with E-state index in [2.05, 4.69) is 47.2 Å². The molecule has 1 unspecified atom stereocenters. The number of hydrogen-bond donors (Lipinski definition) is 1. The van der Waals surface area contributed by atoms with E-state index in [1.807, 2.05) is 31.2 Å². The number of nitrogens with zero attached hydrogens (tertiary/aromatic N) is 1. The topological polar surface area (TPSA) is 68.3 Å². The van der Waals surface area contributed by atoms with Gasteiger partial charge in [0.25, 0.3) is 0 Å². The molecule has 1 N–H and O–H groups in total. The Bertz CT molecular complexity index is 1510. The van der Waals surface area contributed by atoms with Crippen LogP contribution in [0.1, 0.15) is 54.5 Å². The van der Waals surface area contributed by atoms with Crippen molar-refractivity contribution < 1.29 is 13.2 Å². The molecule has 1 fully saturated rings. The first-order valence-corrected chi connectivity index (χ1v) is 15.8. The van der Waals surface area contributed by atoms with E-state index in [1.54, 1.807) is 25.3 Å². The average Bonchev–Trinajstić information content (AvgIpc) is 2.91. The van der Waals surface area contributed by atoms with Crippen molar-refractivity contribution in [2.75, 3.05) is 12.8 Å². The zero-order valence-electron chi connectivity index (χ0n) is 23.4. The predicted molar refractivity (Wildman–Crippen MR) is 165 cm³/mol.